The molecule has 4 heteroatoms. The number of alkyl halides is 1. The van der Waals surface area contributed by atoms with E-state index in [2.05, 4.69) is 42.6 Å². The summed E-state index contributed by atoms with van der Waals surface area (Å²) >= 11 is 5.71. The SMILES string of the molecule is CC(C)CN(CC(C)C)c1cnc(CCl)cn1. The van der Waals surface area contributed by atoms with Gasteiger partial charge in [-0.15, -0.1) is 11.6 Å². The van der Waals surface area contributed by atoms with E-state index in [4.69, 9.17) is 11.6 Å². The average molecular weight is 256 g/mol. The third-order valence-electron chi connectivity index (χ3n) is 2.32. The number of rotatable bonds is 6. The zero-order valence-electron chi connectivity index (χ0n) is 11.2. The zero-order chi connectivity index (χ0) is 12.8. The van der Waals surface area contributed by atoms with Gasteiger partial charge in [-0.3, -0.25) is 4.98 Å². The summed E-state index contributed by atoms with van der Waals surface area (Å²) in [5.41, 5.74) is 0.824. The highest BCUT2D eigenvalue weighted by Crippen LogP contribution is 2.14. The van der Waals surface area contributed by atoms with Crippen LogP contribution in [0.2, 0.25) is 0 Å². The Labute approximate surface area is 109 Å². The minimum absolute atomic E-state index is 0.418. The fourth-order valence-electron chi connectivity index (χ4n) is 1.72. The summed E-state index contributed by atoms with van der Waals surface area (Å²) in [4.78, 5) is 11.0. The first kappa shape index (κ1) is 14.2. The Bertz CT molecular complexity index is 312. The van der Waals surface area contributed by atoms with Crippen molar-refractivity contribution in [1.82, 2.24) is 9.97 Å². The van der Waals surface area contributed by atoms with Gasteiger partial charge in [-0.25, -0.2) is 4.98 Å². The molecular formula is C13H22ClN3. The molecule has 0 radical (unpaired) electrons. The van der Waals surface area contributed by atoms with E-state index in [-0.39, 0.29) is 0 Å². The maximum atomic E-state index is 5.71. The van der Waals surface area contributed by atoms with Crippen molar-refractivity contribution in [3.05, 3.63) is 18.1 Å². The molecule has 0 unspecified atom stereocenters. The van der Waals surface area contributed by atoms with Crippen LogP contribution in [0.4, 0.5) is 5.82 Å². The molecule has 0 amide bonds. The molecule has 0 N–H and O–H groups in total. The van der Waals surface area contributed by atoms with Crippen LogP contribution in [-0.2, 0) is 5.88 Å². The van der Waals surface area contributed by atoms with Crippen molar-refractivity contribution in [3.63, 3.8) is 0 Å². The van der Waals surface area contributed by atoms with Crippen molar-refractivity contribution >= 4 is 17.4 Å². The highest BCUT2D eigenvalue weighted by Gasteiger charge is 2.12. The monoisotopic (exact) mass is 255 g/mol. The standard InChI is InChI=1S/C13H22ClN3/c1-10(2)8-17(9-11(3)4)13-7-15-12(5-14)6-16-13/h6-7,10-11H,5,8-9H2,1-4H3. The van der Waals surface area contributed by atoms with Crippen molar-refractivity contribution < 1.29 is 0 Å². The van der Waals surface area contributed by atoms with Crippen LogP contribution in [0.3, 0.4) is 0 Å². The van der Waals surface area contributed by atoms with E-state index >= 15 is 0 Å². The van der Waals surface area contributed by atoms with Crippen molar-refractivity contribution in [1.29, 1.82) is 0 Å². The van der Waals surface area contributed by atoms with Crippen molar-refractivity contribution in [3.8, 4) is 0 Å². The lowest BCUT2D eigenvalue weighted by atomic mass is 10.1. The number of hydrogen-bond donors (Lipinski definition) is 0. The first-order chi connectivity index (χ1) is 8.02. The molecule has 0 saturated carbocycles. The number of halogens is 1. The van der Waals surface area contributed by atoms with E-state index in [0.717, 1.165) is 24.6 Å². The van der Waals surface area contributed by atoms with Crippen LogP contribution in [0.25, 0.3) is 0 Å². The van der Waals surface area contributed by atoms with Gasteiger partial charge in [0.15, 0.2) is 0 Å². The summed E-state index contributed by atoms with van der Waals surface area (Å²) < 4.78 is 0. The van der Waals surface area contributed by atoms with Crippen molar-refractivity contribution in [2.45, 2.75) is 33.6 Å². The predicted octanol–water partition coefficient (Wildman–Crippen LogP) is 3.33. The minimum Gasteiger partial charge on any atom is -0.355 e. The van der Waals surface area contributed by atoms with Crippen LogP contribution < -0.4 is 4.90 Å². The molecule has 1 heterocycles. The van der Waals surface area contributed by atoms with E-state index in [9.17, 15) is 0 Å². The third kappa shape index (κ3) is 4.90. The van der Waals surface area contributed by atoms with Gasteiger partial charge in [0.25, 0.3) is 0 Å². The van der Waals surface area contributed by atoms with Gasteiger partial charge >= 0.3 is 0 Å². The lowest BCUT2D eigenvalue weighted by Gasteiger charge is -2.27. The highest BCUT2D eigenvalue weighted by molar-refractivity contribution is 6.16. The Morgan fingerprint density at radius 2 is 1.65 bits per heavy atom. The van der Waals surface area contributed by atoms with Gasteiger partial charge in [0, 0.05) is 13.1 Å². The van der Waals surface area contributed by atoms with Gasteiger partial charge < -0.3 is 4.90 Å². The van der Waals surface area contributed by atoms with Crippen LogP contribution in [-0.4, -0.2) is 23.1 Å². The molecule has 0 fully saturated rings. The Morgan fingerprint density at radius 1 is 1.06 bits per heavy atom. The molecule has 0 saturated heterocycles. The molecule has 0 atom stereocenters. The van der Waals surface area contributed by atoms with E-state index < -0.39 is 0 Å². The maximum absolute atomic E-state index is 5.71. The smallest absolute Gasteiger partial charge is 0.147 e. The molecule has 17 heavy (non-hydrogen) atoms. The average Bonchev–Trinajstić information content (AvgIpc) is 2.27. The van der Waals surface area contributed by atoms with Crippen LogP contribution in [0.1, 0.15) is 33.4 Å². The molecule has 1 rings (SSSR count). The lowest BCUT2D eigenvalue weighted by Crippen LogP contribution is -2.32. The summed E-state index contributed by atoms with van der Waals surface area (Å²) in [6, 6.07) is 0. The van der Waals surface area contributed by atoms with E-state index in [1.54, 1.807) is 6.20 Å². The Kier molecular flexibility index (Phi) is 5.69. The molecule has 0 aliphatic carbocycles. The van der Waals surface area contributed by atoms with Crippen LogP contribution >= 0.6 is 11.6 Å². The lowest BCUT2D eigenvalue weighted by molar-refractivity contribution is 0.548. The predicted molar refractivity (Wildman–Crippen MR) is 73.5 cm³/mol. The van der Waals surface area contributed by atoms with Gasteiger partial charge in [-0.1, -0.05) is 27.7 Å². The Morgan fingerprint density at radius 3 is 2.00 bits per heavy atom. The molecule has 0 spiro atoms. The number of aromatic nitrogens is 2. The second kappa shape index (κ2) is 6.80. The largest absolute Gasteiger partial charge is 0.355 e. The van der Waals surface area contributed by atoms with Gasteiger partial charge in [0.05, 0.1) is 24.0 Å². The van der Waals surface area contributed by atoms with Gasteiger partial charge in [-0.05, 0) is 11.8 Å². The molecule has 1 aromatic heterocycles. The normalized spacial score (nSPS) is 11.2. The molecular weight excluding hydrogens is 234 g/mol. The number of hydrogen-bond acceptors (Lipinski definition) is 3. The topological polar surface area (TPSA) is 29.0 Å². The summed E-state index contributed by atoms with van der Waals surface area (Å²) in [5.74, 6) is 2.59. The zero-order valence-corrected chi connectivity index (χ0v) is 11.9. The molecule has 0 aliphatic heterocycles. The van der Waals surface area contributed by atoms with Crippen LogP contribution in [0.5, 0.6) is 0 Å². The van der Waals surface area contributed by atoms with Gasteiger partial charge in [-0.2, -0.15) is 0 Å². The summed E-state index contributed by atoms with van der Waals surface area (Å²) in [6.45, 7) is 10.9. The quantitative estimate of drug-likeness (QED) is 0.730. The van der Waals surface area contributed by atoms with E-state index in [1.807, 2.05) is 6.20 Å². The first-order valence-electron chi connectivity index (χ1n) is 6.14. The number of nitrogens with zero attached hydrogens (tertiary/aromatic N) is 3. The Hall–Kier alpha value is -0.830. The van der Waals surface area contributed by atoms with Crippen molar-refractivity contribution in [2.24, 2.45) is 11.8 Å². The minimum atomic E-state index is 0.418. The first-order valence-corrected chi connectivity index (χ1v) is 6.68. The molecule has 0 aromatic carbocycles. The molecule has 96 valence electrons. The second-order valence-electron chi connectivity index (χ2n) is 5.19. The Balaban J connectivity index is 2.79. The van der Waals surface area contributed by atoms with E-state index in [1.165, 1.54) is 0 Å². The summed E-state index contributed by atoms with van der Waals surface area (Å²) in [5, 5.41) is 0. The van der Waals surface area contributed by atoms with E-state index in [0.29, 0.717) is 17.7 Å². The fraction of sp³-hybridized carbons (Fsp3) is 0.692. The summed E-state index contributed by atoms with van der Waals surface area (Å²) in [6.07, 6.45) is 3.58. The maximum Gasteiger partial charge on any atom is 0.147 e. The molecule has 0 bridgehead atoms. The van der Waals surface area contributed by atoms with Crippen LogP contribution in [0.15, 0.2) is 12.4 Å². The van der Waals surface area contributed by atoms with Crippen molar-refractivity contribution in [2.75, 3.05) is 18.0 Å². The van der Waals surface area contributed by atoms with Crippen LogP contribution in [0, 0.1) is 11.8 Å². The molecule has 0 aliphatic rings. The third-order valence-corrected chi connectivity index (χ3v) is 2.60. The number of anilines is 1. The highest BCUT2D eigenvalue weighted by atomic mass is 35.5. The summed E-state index contributed by atoms with van der Waals surface area (Å²) in [7, 11) is 0. The molecule has 3 nitrogen and oxygen atoms in total. The second-order valence-corrected chi connectivity index (χ2v) is 5.46. The molecule has 1 aromatic rings. The van der Waals surface area contributed by atoms with Gasteiger partial charge in [0.1, 0.15) is 5.82 Å². The van der Waals surface area contributed by atoms with Gasteiger partial charge in [0.2, 0.25) is 0 Å². The fourth-order valence-corrected chi connectivity index (χ4v) is 1.86.